The first-order valence-electron chi connectivity index (χ1n) is 6.69. The number of likely N-dealkylation sites (N-methyl/N-ethyl adjacent to an activating group) is 1. The van der Waals surface area contributed by atoms with Crippen molar-refractivity contribution in [3.63, 3.8) is 0 Å². The first-order valence-corrected chi connectivity index (χ1v) is 6.69. The fraction of sp³-hybridized carbons (Fsp3) is 0.467. The highest BCUT2D eigenvalue weighted by molar-refractivity contribution is 5.80. The Balaban J connectivity index is 2.44. The Bertz CT molecular complexity index is 448. The van der Waals surface area contributed by atoms with Crippen molar-refractivity contribution in [1.82, 2.24) is 4.90 Å². The highest BCUT2D eigenvalue weighted by Crippen LogP contribution is 2.10. The molecule has 0 saturated carbocycles. The molecule has 1 amide bonds. The van der Waals surface area contributed by atoms with Crippen LogP contribution < -0.4 is 5.73 Å². The monoisotopic (exact) mass is 278 g/mol. The van der Waals surface area contributed by atoms with Crippen molar-refractivity contribution in [1.29, 1.82) is 0 Å². The van der Waals surface area contributed by atoms with Crippen molar-refractivity contribution in [2.24, 2.45) is 11.7 Å². The van der Waals surface area contributed by atoms with E-state index in [0.29, 0.717) is 6.54 Å². The highest BCUT2D eigenvalue weighted by atomic mass is 16.4. The van der Waals surface area contributed by atoms with Gasteiger partial charge >= 0.3 is 5.97 Å². The van der Waals surface area contributed by atoms with Gasteiger partial charge in [0.15, 0.2) is 0 Å². The van der Waals surface area contributed by atoms with Gasteiger partial charge in [0.25, 0.3) is 0 Å². The third-order valence-corrected chi connectivity index (χ3v) is 3.30. The molecule has 0 saturated heterocycles. The largest absolute Gasteiger partial charge is 0.480 e. The van der Waals surface area contributed by atoms with Gasteiger partial charge in [0.2, 0.25) is 5.91 Å². The number of nitrogens with zero attached hydrogens (tertiary/aromatic N) is 1. The molecule has 0 bridgehead atoms. The predicted molar refractivity (Wildman–Crippen MR) is 77.2 cm³/mol. The van der Waals surface area contributed by atoms with E-state index < -0.39 is 12.0 Å². The number of amides is 1. The number of carbonyl (C=O) groups excluding carboxylic acids is 1. The number of nitrogens with two attached hydrogens (primary N) is 1. The average Bonchev–Trinajstić information content (AvgIpc) is 2.44. The van der Waals surface area contributed by atoms with Crippen LogP contribution in [0.5, 0.6) is 0 Å². The smallest absolute Gasteiger partial charge is 0.320 e. The number of rotatable bonds is 7. The summed E-state index contributed by atoms with van der Waals surface area (Å²) < 4.78 is 0. The van der Waals surface area contributed by atoms with Gasteiger partial charge in [-0.15, -0.1) is 0 Å². The number of carboxylic acids is 1. The molecule has 0 heterocycles. The summed E-state index contributed by atoms with van der Waals surface area (Å²) in [6.07, 6.45) is 0.935. The number of carboxylic acid groups (broad SMARTS) is 1. The lowest BCUT2D eigenvalue weighted by Gasteiger charge is -2.22. The molecule has 0 aliphatic carbocycles. The molecule has 1 rings (SSSR count). The van der Waals surface area contributed by atoms with Crippen LogP contribution in [0.3, 0.4) is 0 Å². The summed E-state index contributed by atoms with van der Waals surface area (Å²) in [6.45, 7) is 2.32. The number of hydrogen-bond acceptors (Lipinski definition) is 3. The molecule has 20 heavy (non-hydrogen) atoms. The van der Waals surface area contributed by atoms with Gasteiger partial charge in [-0.05, 0) is 18.4 Å². The maximum atomic E-state index is 12.1. The van der Waals surface area contributed by atoms with E-state index in [9.17, 15) is 9.59 Å². The summed E-state index contributed by atoms with van der Waals surface area (Å²) in [4.78, 5) is 24.4. The van der Waals surface area contributed by atoms with E-state index in [-0.39, 0.29) is 18.2 Å². The molecule has 110 valence electrons. The van der Waals surface area contributed by atoms with Crippen LogP contribution in [0.4, 0.5) is 0 Å². The van der Waals surface area contributed by atoms with Gasteiger partial charge in [0.05, 0.1) is 0 Å². The third-order valence-electron chi connectivity index (χ3n) is 3.30. The summed E-state index contributed by atoms with van der Waals surface area (Å²) in [5.74, 6) is -1.53. The normalized spacial score (nSPS) is 13.6. The standard InChI is InChI=1S/C15H22N2O3/c1-11(10-13(16)15(19)20)14(18)17(2)9-8-12-6-4-3-5-7-12/h3-7,11,13H,8-10,16H2,1-2H3,(H,19,20)/t11?,13-/m0/s1. The van der Waals surface area contributed by atoms with E-state index in [2.05, 4.69) is 0 Å². The molecule has 0 fully saturated rings. The van der Waals surface area contributed by atoms with Gasteiger partial charge in [0, 0.05) is 19.5 Å². The first-order chi connectivity index (χ1) is 9.41. The van der Waals surface area contributed by atoms with Crippen LogP contribution in [0.25, 0.3) is 0 Å². The fourth-order valence-corrected chi connectivity index (χ4v) is 2.01. The van der Waals surface area contributed by atoms with Crippen LogP contribution in [0, 0.1) is 5.92 Å². The Morgan fingerprint density at radius 2 is 1.90 bits per heavy atom. The van der Waals surface area contributed by atoms with Crippen LogP contribution in [-0.2, 0) is 16.0 Å². The van der Waals surface area contributed by atoms with Crippen molar-refractivity contribution in [3.05, 3.63) is 35.9 Å². The zero-order chi connectivity index (χ0) is 15.1. The molecule has 5 heteroatoms. The zero-order valence-corrected chi connectivity index (χ0v) is 12.0. The van der Waals surface area contributed by atoms with E-state index >= 15 is 0 Å². The van der Waals surface area contributed by atoms with E-state index in [1.54, 1.807) is 18.9 Å². The van der Waals surface area contributed by atoms with Crippen LogP contribution in [0.2, 0.25) is 0 Å². The van der Waals surface area contributed by atoms with Gasteiger partial charge in [-0.25, -0.2) is 0 Å². The van der Waals surface area contributed by atoms with E-state index in [0.717, 1.165) is 6.42 Å². The van der Waals surface area contributed by atoms with E-state index in [1.807, 2.05) is 30.3 Å². The number of aliphatic carboxylic acids is 1. The molecule has 3 N–H and O–H groups in total. The lowest BCUT2D eigenvalue weighted by molar-refractivity contribution is -0.139. The highest BCUT2D eigenvalue weighted by Gasteiger charge is 2.23. The maximum absolute atomic E-state index is 12.1. The number of hydrogen-bond donors (Lipinski definition) is 2. The van der Waals surface area contributed by atoms with E-state index in [1.165, 1.54) is 5.56 Å². The quantitative estimate of drug-likeness (QED) is 0.783. The fourth-order valence-electron chi connectivity index (χ4n) is 2.01. The van der Waals surface area contributed by atoms with Crippen molar-refractivity contribution in [3.8, 4) is 0 Å². The zero-order valence-electron chi connectivity index (χ0n) is 12.0. The summed E-state index contributed by atoms with van der Waals surface area (Å²) >= 11 is 0. The molecule has 2 atom stereocenters. The van der Waals surface area contributed by atoms with Gasteiger partial charge in [0.1, 0.15) is 6.04 Å². The number of benzene rings is 1. The molecule has 1 aromatic carbocycles. The molecule has 0 aromatic heterocycles. The number of carbonyl (C=O) groups is 2. The molecule has 0 aliphatic rings. The van der Waals surface area contributed by atoms with Gasteiger partial charge < -0.3 is 15.7 Å². The molecule has 5 nitrogen and oxygen atoms in total. The van der Waals surface area contributed by atoms with Crippen molar-refractivity contribution in [2.75, 3.05) is 13.6 Å². The minimum absolute atomic E-state index is 0.0716. The molecule has 0 spiro atoms. The predicted octanol–water partition coefficient (Wildman–Crippen LogP) is 1.13. The van der Waals surface area contributed by atoms with Gasteiger partial charge in [-0.1, -0.05) is 37.3 Å². The molecule has 0 radical (unpaired) electrons. The van der Waals surface area contributed by atoms with Crippen LogP contribution >= 0.6 is 0 Å². The van der Waals surface area contributed by atoms with Crippen molar-refractivity contribution in [2.45, 2.75) is 25.8 Å². The third kappa shape index (κ3) is 5.01. The minimum Gasteiger partial charge on any atom is -0.480 e. The summed E-state index contributed by atoms with van der Waals surface area (Å²) in [7, 11) is 1.73. The lowest BCUT2D eigenvalue weighted by atomic mass is 10.0. The Labute approximate surface area is 119 Å². The molecule has 1 aromatic rings. The van der Waals surface area contributed by atoms with Crippen molar-refractivity contribution >= 4 is 11.9 Å². The van der Waals surface area contributed by atoms with Gasteiger partial charge in [-0.3, -0.25) is 9.59 Å². The Morgan fingerprint density at radius 3 is 2.45 bits per heavy atom. The Hall–Kier alpha value is -1.88. The van der Waals surface area contributed by atoms with Crippen LogP contribution in [-0.4, -0.2) is 41.5 Å². The average molecular weight is 278 g/mol. The second-order valence-corrected chi connectivity index (χ2v) is 5.08. The molecular formula is C15H22N2O3. The second-order valence-electron chi connectivity index (χ2n) is 5.08. The summed E-state index contributed by atoms with van der Waals surface area (Å²) in [5.41, 5.74) is 6.62. The van der Waals surface area contributed by atoms with Crippen LogP contribution in [0.1, 0.15) is 18.9 Å². The molecule has 1 unspecified atom stereocenters. The summed E-state index contributed by atoms with van der Waals surface area (Å²) in [6, 6.07) is 8.92. The minimum atomic E-state index is -1.07. The molecular weight excluding hydrogens is 256 g/mol. The van der Waals surface area contributed by atoms with Gasteiger partial charge in [-0.2, -0.15) is 0 Å². The summed E-state index contributed by atoms with van der Waals surface area (Å²) in [5, 5.41) is 8.75. The van der Waals surface area contributed by atoms with Crippen molar-refractivity contribution < 1.29 is 14.7 Å². The Morgan fingerprint density at radius 1 is 1.30 bits per heavy atom. The first kappa shape index (κ1) is 16.2. The lowest BCUT2D eigenvalue weighted by Crippen LogP contribution is -2.38. The topological polar surface area (TPSA) is 83.6 Å². The SMILES string of the molecule is CC(C[C@H](N)C(=O)O)C(=O)N(C)CCc1ccccc1. The van der Waals surface area contributed by atoms with E-state index in [4.69, 9.17) is 10.8 Å². The maximum Gasteiger partial charge on any atom is 0.320 e. The van der Waals surface area contributed by atoms with Crippen LogP contribution in [0.15, 0.2) is 30.3 Å². The molecule has 0 aliphatic heterocycles. The second kappa shape index (κ2) is 7.65. The Kier molecular flexibility index (Phi) is 6.18.